The predicted octanol–water partition coefficient (Wildman–Crippen LogP) is 2.31. The Hall–Kier alpha value is -1.92. The summed E-state index contributed by atoms with van der Waals surface area (Å²) in [5, 5.41) is 18.3. The van der Waals surface area contributed by atoms with E-state index >= 15 is 0 Å². The molecule has 106 valence electrons. The Bertz CT molecular complexity index is 612. The van der Waals surface area contributed by atoms with Crippen molar-refractivity contribution in [1.82, 2.24) is 15.1 Å². The number of benzene rings is 1. The minimum Gasteiger partial charge on any atom is -0.312 e. The highest BCUT2D eigenvalue weighted by atomic mass is 35.5. The quantitative estimate of drug-likeness (QED) is 0.504. The molecular weight excluding hydrogens is 280 g/mol. The number of halogens is 1. The first-order chi connectivity index (χ1) is 9.58. The first-order valence-corrected chi connectivity index (χ1v) is 6.56. The van der Waals surface area contributed by atoms with Gasteiger partial charge < -0.3 is 5.32 Å². The van der Waals surface area contributed by atoms with E-state index < -0.39 is 4.92 Å². The van der Waals surface area contributed by atoms with Gasteiger partial charge in [0.15, 0.2) is 0 Å². The van der Waals surface area contributed by atoms with Crippen LogP contribution in [0.2, 0.25) is 5.02 Å². The average Bonchev–Trinajstić information content (AvgIpc) is 2.82. The van der Waals surface area contributed by atoms with Crippen LogP contribution in [0.15, 0.2) is 30.5 Å². The second-order valence-electron chi connectivity index (χ2n) is 4.42. The van der Waals surface area contributed by atoms with E-state index in [1.807, 2.05) is 17.8 Å². The fourth-order valence-corrected chi connectivity index (χ4v) is 2.09. The van der Waals surface area contributed by atoms with E-state index in [4.69, 9.17) is 11.6 Å². The Labute approximate surface area is 121 Å². The lowest BCUT2D eigenvalue weighted by Crippen LogP contribution is -2.18. The summed E-state index contributed by atoms with van der Waals surface area (Å²) >= 11 is 5.77. The summed E-state index contributed by atoms with van der Waals surface area (Å²) in [6.07, 6.45) is 2.62. The summed E-state index contributed by atoms with van der Waals surface area (Å²) in [4.78, 5) is 10.3. The van der Waals surface area contributed by atoms with Crippen LogP contribution in [0.3, 0.4) is 0 Å². The molecule has 2 aromatic rings. The molecule has 0 unspecified atom stereocenters. The lowest BCUT2D eigenvalue weighted by molar-refractivity contribution is -0.384. The zero-order valence-electron chi connectivity index (χ0n) is 11.0. The monoisotopic (exact) mass is 294 g/mol. The molecule has 0 radical (unpaired) electrons. The maximum Gasteiger partial charge on any atom is 0.288 e. The van der Waals surface area contributed by atoms with Crippen LogP contribution in [0.25, 0.3) is 0 Å². The molecule has 0 amide bonds. The average molecular weight is 295 g/mol. The second kappa shape index (κ2) is 6.49. The number of hydrogen-bond donors (Lipinski definition) is 1. The molecule has 1 aromatic carbocycles. The van der Waals surface area contributed by atoms with Gasteiger partial charge in [-0.1, -0.05) is 17.7 Å². The van der Waals surface area contributed by atoms with Crippen LogP contribution in [0.5, 0.6) is 0 Å². The van der Waals surface area contributed by atoms with Gasteiger partial charge in [-0.05, 0) is 17.7 Å². The van der Waals surface area contributed by atoms with Gasteiger partial charge in [-0.3, -0.25) is 14.8 Å². The van der Waals surface area contributed by atoms with Crippen LogP contribution in [-0.2, 0) is 20.0 Å². The van der Waals surface area contributed by atoms with Gasteiger partial charge in [-0.15, -0.1) is 0 Å². The zero-order chi connectivity index (χ0) is 14.5. The molecule has 1 aromatic heterocycles. The smallest absolute Gasteiger partial charge is 0.288 e. The summed E-state index contributed by atoms with van der Waals surface area (Å²) in [5.74, 6) is 0. The van der Waals surface area contributed by atoms with Crippen LogP contribution in [-0.4, -0.2) is 21.2 Å². The minimum absolute atomic E-state index is 0.0578. The van der Waals surface area contributed by atoms with Crippen molar-refractivity contribution in [1.29, 1.82) is 0 Å². The van der Waals surface area contributed by atoms with Gasteiger partial charge in [0.2, 0.25) is 0 Å². The SMILES string of the molecule is Cn1nccc1CCNCc1ccc(Cl)c([N+](=O)[O-])c1. The molecule has 0 saturated heterocycles. The maximum absolute atomic E-state index is 10.8. The van der Waals surface area contributed by atoms with Gasteiger partial charge in [0.1, 0.15) is 5.02 Å². The van der Waals surface area contributed by atoms with Crippen molar-refractivity contribution in [3.63, 3.8) is 0 Å². The van der Waals surface area contributed by atoms with Gasteiger partial charge >= 0.3 is 0 Å². The lowest BCUT2D eigenvalue weighted by Gasteiger charge is -2.06. The fraction of sp³-hybridized carbons (Fsp3) is 0.308. The molecule has 0 bridgehead atoms. The Morgan fingerprint density at radius 2 is 2.25 bits per heavy atom. The third-order valence-electron chi connectivity index (χ3n) is 3.02. The van der Waals surface area contributed by atoms with Gasteiger partial charge in [0.25, 0.3) is 5.69 Å². The minimum atomic E-state index is -0.471. The standard InChI is InChI=1S/C13H15ClN4O2/c1-17-11(5-7-16-17)4-6-15-9-10-2-3-12(14)13(8-10)18(19)20/h2-3,5,7-8,15H,4,6,9H2,1H3. The van der Waals surface area contributed by atoms with Crippen molar-refractivity contribution in [3.05, 3.63) is 56.9 Å². The number of nitrogens with one attached hydrogen (secondary N) is 1. The fourth-order valence-electron chi connectivity index (χ4n) is 1.90. The van der Waals surface area contributed by atoms with E-state index in [2.05, 4.69) is 10.4 Å². The normalized spacial score (nSPS) is 10.7. The van der Waals surface area contributed by atoms with Crippen LogP contribution in [0, 0.1) is 10.1 Å². The number of hydrogen-bond acceptors (Lipinski definition) is 4. The summed E-state index contributed by atoms with van der Waals surface area (Å²) in [6, 6.07) is 6.80. The maximum atomic E-state index is 10.8. The number of nitrogens with zero attached hydrogens (tertiary/aromatic N) is 3. The molecule has 0 atom stereocenters. The molecular formula is C13H15ClN4O2. The molecule has 1 heterocycles. The Morgan fingerprint density at radius 1 is 1.45 bits per heavy atom. The summed E-state index contributed by atoms with van der Waals surface area (Å²) < 4.78 is 1.83. The highest BCUT2D eigenvalue weighted by Crippen LogP contribution is 2.24. The topological polar surface area (TPSA) is 73.0 Å². The Kier molecular flexibility index (Phi) is 4.70. The molecule has 1 N–H and O–H groups in total. The summed E-state index contributed by atoms with van der Waals surface area (Å²) in [5.41, 5.74) is 1.92. The number of aromatic nitrogens is 2. The van der Waals surface area contributed by atoms with Gasteiger partial charge in [-0.2, -0.15) is 5.10 Å². The molecule has 0 aliphatic carbocycles. The number of rotatable bonds is 6. The third kappa shape index (κ3) is 3.55. The van der Waals surface area contributed by atoms with Crippen LogP contribution >= 0.6 is 11.6 Å². The van der Waals surface area contributed by atoms with E-state index in [0.29, 0.717) is 6.54 Å². The zero-order valence-corrected chi connectivity index (χ0v) is 11.8. The largest absolute Gasteiger partial charge is 0.312 e. The first kappa shape index (κ1) is 14.5. The van der Waals surface area contributed by atoms with E-state index in [0.717, 1.165) is 24.2 Å². The van der Waals surface area contributed by atoms with Crippen molar-refractivity contribution in [2.45, 2.75) is 13.0 Å². The highest BCUT2D eigenvalue weighted by Gasteiger charge is 2.12. The predicted molar refractivity (Wildman–Crippen MR) is 76.7 cm³/mol. The van der Waals surface area contributed by atoms with Crippen LogP contribution < -0.4 is 5.32 Å². The molecule has 20 heavy (non-hydrogen) atoms. The summed E-state index contributed by atoms with van der Waals surface area (Å²) in [6.45, 7) is 1.34. The second-order valence-corrected chi connectivity index (χ2v) is 4.82. The number of nitro benzene ring substituents is 1. The molecule has 6 nitrogen and oxygen atoms in total. The van der Waals surface area contributed by atoms with Gasteiger partial charge in [0, 0.05) is 44.5 Å². The number of nitro groups is 1. The van der Waals surface area contributed by atoms with Crippen LogP contribution in [0.1, 0.15) is 11.3 Å². The molecule has 2 rings (SSSR count). The van der Waals surface area contributed by atoms with E-state index in [1.165, 1.54) is 6.07 Å². The highest BCUT2D eigenvalue weighted by molar-refractivity contribution is 6.32. The van der Waals surface area contributed by atoms with Crippen molar-refractivity contribution >= 4 is 17.3 Å². The molecule has 7 heteroatoms. The van der Waals surface area contributed by atoms with Gasteiger partial charge in [0.05, 0.1) is 4.92 Å². The molecule has 0 aliphatic rings. The van der Waals surface area contributed by atoms with Crippen molar-refractivity contribution in [2.75, 3.05) is 6.54 Å². The molecule has 0 spiro atoms. The van der Waals surface area contributed by atoms with Crippen molar-refractivity contribution in [2.24, 2.45) is 7.05 Å². The lowest BCUT2D eigenvalue weighted by atomic mass is 10.2. The van der Waals surface area contributed by atoms with E-state index in [1.54, 1.807) is 18.3 Å². The number of aryl methyl sites for hydroxylation is 1. The van der Waals surface area contributed by atoms with Gasteiger partial charge in [-0.25, -0.2) is 0 Å². The summed E-state index contributed by atoms with van der Waals surface area (Å²) in [7, 11) is 1.90. The van der Waals surface area contributed by atoms with E-state index in [-0.39, 0.29) is 10.7 Å². The van der Waals surface area contributed by atoms with Crippen molar-refractivity contribution < 1.29 is 4.92 Å². The first-order valence-electron chi connectivity index (χ1n) is 6.18. The molecule has 0 fully saturated rings. The van der Waals surface area contributed by atoms with E-state index in [9.17, 15) is 10.1 Å². The molecule has 0 aliphatic heterocycles. The molecule has 0 saturated carbocycles. The van der Waals surface area contributed by atoms with Crippen molar-refractivity contribution in [3.8, 4) is 0 Å². The third-order valence-corrected chi connectivity index (χ3v) is 3.34. The van der Waals surface area contributed by atoms with Crippen LogP contribution in [0.4, 0.5) is 5.69 Å². The Balaban J connectivity index is 1.87. The Morgan fingerprint density at radius 3 is 2.90 bits per heavy atom.